The molecule has 4 nitrogen and oxygen atoms in total. The first-order chi connectivity index (χ1) is 11.3. The molecule has 0 aliphatic carbocycles. The van der Waals surface area contributed by atoms with Crippen molar-refractivity contribution in [3.63, 3.8) is 0 Å². The fraction of sp³-hybridized carbons (Fsp3) is 0.263. The topological polar surface area (TPSA) is 66.4 Å². The minimum atomic E-state index is -1.10. The Labute approximate surface area is 140 Å². The average Bonchev–Trinajstić information content (AvgIpc) is 2.52. The molecule has 0 fully saturated rings. The predicted molar refractivity (Wildman–Crippen MR) is 90.4 cm³/mol. The second-order valence-electron chi connectivity index (χ2n) is 5.96. The number of hydrogen-bond acceptors (Lipinski definition) is 2. The van der Waals surface area contributed by atoms with Gasteiger partial charge in [0.2, 0.25) is 5.91 Å². The summed E-state index contributed by atoms with van der Waals surface area (Å²) in [4.78, 5) is 22.9. The summed E-state index contributed by atoms with van der Waals surface area (Å²) in [5.41, 5.74) is 2.63. The number of rotatable bonds is 6. The molecule has 2 aromatic carbocycles. The Balaban J connectivity index is 1.99. The van der Waals surface area contributed by atoms with Crippen molar-refractivity contribution in [1.29, 1.82) is 0 Å². The van der Waals surface area contributed by atoms with Crippen molar-refractivity contribution in [3.8, 4) is 0 Å². The first-order valence-electron chi connectivity index (χ1n) is 7.72. The van der Waals surface area contributed by atoms with E-state index in [-0.39, 0.29) is 23.8 Å². The maximum atomic E-state index is 13.8. The van der Waals surface area contributed by atoms with Gasteiger partial charge in [0.15, 0.2) is 0 Å². The Kier molecular flexibility index (Phi) is 5.68. The molecule has 0 aliphatic rings. The Morgan fingerprint density at radius 1 is 1.17 bits per heavy atom. The zero-order chi connectivity index (χ0) is 17.7. The number of carboxylic acids is 1. The number of hydrogen-bond donors (Lipinski definition) is 2. The molecule has 126 valence electrons. The number of amides is 1. The third-order valence-electron chi connectivity index (χ3n) is 3.77. The van der Waals surface area contributed by atoms with Crippen LogP contribution in [0.4, 0.5) is 10.1 Å². The third-order valence-corrected chi connectivity index (χ3v) is 3.77. The van der Waals surface area contributed by atoms with Crippen molar-refractivity contribution in [2.24, 2.45) is 5.92 Å². The van der Waals surface area contributed by atoms with Crippen LogP contribution >= 0.6 is 0 Å². The zero-order valence-corrected chi connectivity index (χ0v) is 13.7. The van der Waals surface area contributed by atoms with Crippen LogP contribution < -0.4 is 5.32 Å². The molecule has 1 unspecified atom stereocenters. The Morgan fingerprint density at radius 2 is 1.83 bits per heavy atom. The van der Waals surface area contributed by atoms with Crippen LogP contribution in [-0.4, -0.2) is 17.0 Å². The lowest BCUT2D eigenvalue weighted by atomic mass is 9.99. The smallest absolute Gasteiger partial charge is 0.307 e. The van der Waals surface area contributed by atoms with Crippen LogP contribution in [0, 0.1) is 18.7 Å². The lowest BCUT2D eigenvalue weighted by molar-refractivity contribution is -0.136. The molecule has 0 saturated carbocycles. The van der Waals surface area contributed by atoms with Gasteiger partial charge >= 0.3 is 5.97 Å². The van der Waals surface area contributed by atoms with Gasteiger partial charge in [-0.25, -0.2) is 4.39 Å². The van der Waals surface area contributed by atoms with Crippen LogP contribution in [0.3, 0.4) is 0 Å². The van der Waals surface area contributed by atoms with Crippen molar-refractivity contribution in [1.82, 2.24) is 0 Å². The van der Waals surface area contributed by atoms with E-state index in [9.17, 15) is 14.0 Å². The third kappa shape index (κ3) is 4.91. The lowest BCUT2D eigenvalue weighted by Gasteiger charge is -2.13. The largest absolute Gasteiger partial charge is 0.481 e. The maximum absolute atomic E-state index is 13.8. The SMILES string of the molecule is Cc1ccc(CC(C)C(=O)Nc2ccc(CC(=O)O)c(F)c2)cc1. The van der Waals surface area contributed by atoms with E-state index in [1.165, 1.54) is 12.1 Å². The van der Waals surface area contributed by atoms with Crippen molar-refractivity contribution in [2.45, 2.75) is 26.7 Å². The fourth-order valence-corrected chi connectivity index (χ4v) is 2.37. The summed E-state index contributed by atoms with van der Waals surface area (Å²) in [6.07, 6.45) is 0.204. The van der Waals surface area contributed by atoms with E-state index < -0.39 is 11.8 Å². The van der Waals surface area contributed by atoms with E-state index in [0.717, 1.165) is 17.2 Å². The molecule has 0 bridgehead atoms. The summed E-state index contributed by atoms with van der Waals surface area (Å²) in [5.74, 6) is -2.21. The van der Waals surface area contributed by atoms with Gasteiger partial charge in [-0.05, 0) is 36.6 Å². The summed E-state index contributed by atoms with van der Waals surface area (Å²) in [6, 6.07) is 12.0. The van der Waals surface area contributed by atoms with E-state index >= 15 is 0 Å². The van der Waals surface area contributed by atoms with Gasteiger partial charge in [0.1, 0.15) is 5.82 Å². The van der Waals surface area contributed by atoms with Crippen LogP contribution in [0.15, 0.2) is 42.5 Å². The van der Waals surface area contributed by atoms with Crippen LogP contribution in [0.1, 0.15) is 23.6 Å². The first kappa shape index (κ1) is 17.7. The number of halogens is 1. The lowest BCUT2D eigenvalue weighted by Crippen LogP contribution is -2.22. The van der Waals surface area contributed by atoms with Crippen molar-refractivity contribution in [2.75, 3.05) is 5.32 Å². The van der Waals surface area contributed by atoms with E-state index in [2.05, 4.69) is 5.32 Å². The molecule has 1 atom stereocenters. The van der Waals surface area contributed by atoms with Gasteiger partial charge in [-0.1, -0.05) is 42.8 Å². The minimum absolute atomic E-state index is 0.0909. The molecule has 0 heterocycles. The average molecular weight is 329 g/mol. The zero-order valence-electron chi connectivity index (χ0n) is 13.7. The molecule has 2 N–H and O–H groups in total. The number of carbonyl (C=O) groups excluding carboxylic acids is 1. The molecule has 2 rings (SSSR count). The summed E-state index contributed by atoms with van der Waals surface area (Å²) in [6.45, 7) is 3.81. The monoisotopic (exact) mass is 329 g/mol. The van der Waals surface area contributed by atoms with Gasteiger partial charge in [-0.3, -0.25) is 9.59 Å². The van der Waals surface area contributed by atoms with Crippen molar-refractivity contribution >= 4 is 17.6 Å². The molecule has 0 spiro atoms. The molecule has 0 aromatic heterocycles. The summed E-state index contributed by atoms with van der Waals surface area (Å²) in [5, 5.41) is 11.4. The van der Waals surface area contributed by atoms with E-state index in [4.69, 9.17) is 5.11 Å². The molecule has 1 amide bonds. The molecule has 0 saturated heterocycles. The summed E-state index contributed by atoms with van der Waals surface area (Å²) in [7, 11) is 0. The predicted octanol–water partition coefficient (Wildman–Crippen LogP) is 3.58. The van der Waals surface area contributed by atoms with Crippen LogP contribution in [0.25, 0.3) is 0 Å². The van der Waals surface area contributed by atoms with Gasteiger partial charge in [0.05, 0.1) is 6.42 Å². The molecule has 0 aliphatic heterocycles. The van der Waals surface area contributed by atoms with E-state index in [1.807, 2.05) is 38.1 Å². The van der Waals surface area contributed by atoms with Crippen LogP contribution in [0.2, 0.25) is 0 Å². The number of carbonyl (C=O) groups is 2. The van der Waals surface area contributed by atoms with E-state index in [1.54, 1.807) is 0 Å². The summed E-state index contributed by atoms with van der Waals surface area (Å²) < 4.78 is 13.8. The number of benzene rings is 2. The minimum Gasteiger partial charge on any atom is -0.481 e. The molecule has 2 aromatic rings. The molecular formula is C19H20FNO3. The number of aliphatic carboxylic acids is 1. The number of aryl methyl sites for hydroxylation is 1. The highest BCUT2D eigenvalue weighted by Crippen LogP contribution is 2.17. The number of anilines is 1. The van der Waals surface area contributed by atoms with Gasteiger partial charge < -0.3 is 10.4 Å². The highest BCUT2D eigenvalue weighted by Gasteiger charge is 2.15. The van der Waals surface area contributed by atoms with Gasteiger partial charge in [0, 0.05) is 11.6 Å². The molecule has 0 radical (unpaired) electrons. The van der Waals surface area contributed by atoms with Crippen molar-refractivity contribution < 1.29 is 19.1 Å². The van der Waals surface area contributed by atoms with Crippen LogP contribution in [-0.2, 0) is 22.4 Å². The van der Waals surface area contributed by atoms with Crippen LogP contribution in [0.5, 0.6) is 0 Å². The second kappa shape index (κ2) is 7.73. The standard InChI is InChI=1S/C19H20FNO3/c1-12-3-5-14(6-4-12)9-13(2)19(24)21-16-8-7-15(10-18(22)23)17(20)11-16/h3-8,11,13H,9-10H2,1-2H3,(H,21,24)(H,22,23). The Bertz CT molecular complexity index is 741. The second-order valence-corrected chi connectivity index (χ2v) is 5.96. The quantitative estimate of drug-likeness (QED) is 0.851. The van der Waals surface area contributed by atoms with Crippen molar-refractivity contribution in [3.05, 3.63) is 65.0 Å². The Hall–Kier alpha value is -2.69. The maximum Gasteiger partial charge on any atom is 0.307 e. The molecule has 5 heteroatoms. The van der Waals surface area contributed by atoms with Gasteiger partial charge in [-0.15, -0.1) is 0 Å². The normalized spacial score (nSPS) is 11.8. The fourth-order valence-electron chi connectivity index (χ4n) is 2.37. The highest BCUT2D eigenvalue weighted by atomic mass is 19.1. The van der Waals surface area contributed by atoms with Gasteiger partial charge in [0.25, 0.3) is 0 Å². The molecular weight excluding hydrogens is 309 g/mol. The number of carboxylic acid groups (broad SMARTS) is 1. The number of nitrogens with one attached hydrogen (secondary N) is 1. The van der Waals surface area contributed by atoms with E-state index in [0.29, 0.717) is 12.1 Å². The first-order valence-corrected chi connectivity index (χ1v) is 7.72. The van der Waals surface area contributed by atoms with Gasteiger partial charge in [-0.2, -0.15) is 0 Å². The Morgan fingerprint density at radius 3 is 2.42 bits per heavy atom. The highest BCUT2D eigenvalue weighted by molar-refractivity contribution is 5.92. The molecule has 24 heavy (non-hydrogen) atoms. The summed E-state index contributed by atoms with van der Waals surface area (Å²) >= 11 is 0.